The predicted molar refractivity (Wildman–Crippen MR) is 176 cm³/mol. The van der Waals surface area contributed by atoms with Crippen LogP contribution < -0.4 is 0 Å². The molecule has 0 aromatic rings. The van der Waals surface area contributed by atoms with Crippen molar-refractivity contribution >= 4 is 50.5 Å². The molecule has 0 unspecified atom stereocenters. The number of hydrogen-bond acceptors (Lipinski definition) is 5. The lowest BCUT2D eigenvalue weighted by molar-refractivity contribution is 0.254. The Morgan fingerprint density at radius 2 is 0.629 bits per heavy atom. The maximum absolute atomic E-state index is 4.36. The highest BCUT2D eigenvalue weighted by molar-refractivity contribution is 7.99. The fourth-order valence-corrected chi connectivity index (χ4v) is 5.63. The summed E-state index contributed by atoms with van der Waals surface area (Å²) in [5.41, 5.74) is 0. The monoisotopic (exact) mass is 565 g/mol. The normalized spacial score (nSPS) is 12.0. The zero-order valence-electron chi connectivity index (χ0n) is 23.5. The minimum absolute atomic E-state index is 0.270. The van der Waals surface area contributed by atoms with Gasteiger partial charge in [-0.2, -0.15) is 50.5 Å². The smallest absolute Gasteiger partial charge is 0.0442 e. The lowest BCUT2D eigenvalue weighted by atomic mass is 10.1. The van der Waals surface area contributed by atoms with Crippen LogP contribution in [0, 0.1) is 0 Å². The molecule has 0 bridgehead atoms. The van der Waals surface area contributed by atoms with E-state index in [-0.39, 0.29) is 9.16 Å². The maximum atomic E-state index is 4.36. The number of unbranched alkanes of at least 4 members (excludes halogenated alkanes) is 19. The molecule has 0 atom stereocenters. The Hall–Kier alpha value is 1.36. The van der Waals surface area contributed by atoms with Crippen LogP contribution in [0.1, 0.15) is 161 Å². The van der Waals surface area contributed by atoms with Gasteiger partial charge in [0.2, 0.25) is 0 Å². The number of hydrogen-bond donors (Lipinski definition) is 4. The average molecular weight is 566 g/mol. The van der Waals surface area contributed by atoms with Crippen LogP contribution in [0.15, 0.2) is 0 Å². The Kier molecular flexibility index (Phi) is 31.1. The zero-order chi connectivity index (χ0) is 25.8. The molecule has 0 fully saturated rings. The van der Waals surface area contributed by atoms with E-state index in [0.717, 1.165) is 12.8 Å². The van der Waals surface area contributed by atoms with Gasteiger partial charge in [-0.05, 0) is 51.7 Å². The lowest BCUT2D eigenvalue weighted by Gasteiger charge is -2.22. The molecule has 0 rings (SSSR count). The fraction of sp³-hybridized carbons (Fsp3) is 1.00. The van der Waals surface area contributed by atoms with E-state index >= 15 is 0 Å². The molecule has 0 N–H and O–H groups in total. The van der Waals surface area contributed by atoms with Gasteiger partial charge in [0, 0.05) is 9.16 Å². The molecular formula is C30H63NS4. The summed E-state index contributed by atoms with van der Waals surface area (Å²) in [6, 6.07) is 0. The molecule has 0 aliphatic rings. The summed E-state index contributed by atoms with van der Waals surface area (Å²) in [4.78, 5) is 2.80. The van der Waals surface area contributed by atoms with E-state index in [2.05, 4.69) is 62.3 Å². The Balaban J connectivity index is 3.88. The van der Waals surface area contributed by atoms with Crippen LogP contribution in [0.4, 0.5) is 0 Å². The Bertz CT molecular complexity index is 367. The second-order valence-corrected chi connectivity index (χ2v) is 14.1. The van der Waals surface area contributed by atoms with Crippen LogP contribution >= 0.6 is 50.5 Å². The standard InChI is InChI=1S/C30H63NS4/c1-2-3-4-5-6-11-16-21-26-31(27-22-17-12-7-9-14-19-24-29(32)33)28-23-18-13-8-10-15-20-25-30(34)35/h29-30,32-35H,2-28H2,1H3. The largest absolute Gasteiger partial charge is 0.303 e. The molecule has 0 aliphatic heterocycles. The highest BCUT2D eigenvalue weighted by Crippen LogP contribution is 2.16. The number of nitrogens with zero attached hydrogens (tertiary/aromatic N) is 1. The van der Waals surface area contributed by atoms with Crippen molar-refractivity contribution in [3.63, 3.8) is 0 Å². The first kappa shape index (κ1) is 36.4. The van der Waals surface area contributed by atoms with Gasteiger partial charge in [-0.3, -0.25) is 0 Å². The van der Waals surface area contributed by atoms with Crippen LogP contribution in [0.25, 0.3) is 0 Å². The van der Waals surface area contributed by atoms with Gasteiger partial charge in [-0.1, -0.05) is 129 Å². The molecular weight excluding hydrogens is 503 g/mol. The van der Waals surface area contributed by atoms with E-state index in [4.69, 9.17) is 0 Å². The summed E-state index contributed by atoms with van der Waals surface area (Å²) >= 11 is 17.4. The average Bonchev–Trinajstić information content (AvgIpc) is 2.82. The third-order valence-corrected chi connectivity index (χ3v) is 8.23. The molecule has 0 aromatic heterocycles. The second-order valence-electron chi connectivity index (χ2n) is 10.8. The first-order valence-electron chi connectivity index (χ1n) is 15.5. The molecule has 35 heavy (non-hydrogen) atoms. The maximum Gasteiger partial charge on any atom is 0.0442 e. The van der Waals surface area contributed by atoms with Crippen LogP contribution in [0.2, 0.25) is 0 Å². The molecule has 0 saturated heterocycles. The molecule has 1 nitrogen and oxygen atoms in total. The summed E-state index contributed by atoms with van der Waals surface area (Å²) in [5.74, 6) is 0. The first-order chi connectivity index (χ1) is 17.1. The molecule has 5 heteroatoms. The van der Waals surface area contributed by atoms with E-state index in [1.165, 1.54) is 161 Å². The van der Waals surface area contributed by atoms with Crippen molar-refractivity contribution in [2.45, 2.75) is 170 Å². The topological polar surface area (TPSA) is 3.24 Å². The van der Waals surface area contributed by atoms with Gasteiger partial charge in [0.15, 0.2) is 0 Å². The van der Waals surface area contributed by atoms with Gasteiger partial charge in [0.25, 0.3) is 0 Å². The van der Waals surface area contributed by atoms with Gasteiger partial charge in [0.1, 0.15) is 0 Å². The van der Waals surface area contributed by atoms with Crippen molar-refractivity contribution in [2.75, 3.05) is 19.6 Å². The molecule has 0 heterocycles. The number of rotatable bonds is 29. The Morgan fingerprint density at radius 1 is 0.371 bits per heavy atom. The molecule has 0 aromatic carbocycles. The van der Waals surface area contributed by atoms with Gasteiger partial charge < -0.3 is 4.90 Å². The van der Waals surface area contributed by atoms with E-state index < -0.39 is 0 Å². The minimum atomic E-state index is 0.270. The summed E-state index contributed by atoms with van der Waals surface area (Å²) < 4.78 is 0.539. The Labute approximate surface area is 244 Å². The third-order valence-electron chi connectivity index (χ3n) is 7.20. The Morgan fingerprint density at radius 3 is 0.914 bits per heavy atom. The van der Waals surface area contributed by atoms with Crippen molar-refractivity contribution in [3.05, 3.63) is 0 Å². The molecule has 212 valence electrons. The van der Waals surface area contributed by atoms with E-state index in [9.17, 15) is 0 Å². The van der Waals surface area contributed by atoms with Crippen molar-refractivity contribution in [1.82, 2.24) is 4.90 Å². The summed E-state index contributed by atoms with van der Waals surface area (Å²) in [6.07, 6.45) is 33.0. The van der Waals surface area contributed by atoms with Crippen LogP contribution in [0.3, 0.4) is 0 Å². The fourth-order valence-electron chi connectivity index (χ4n) is 4.90. The zero-order valence-corrected chi connectivity index (χ0v) is 27.1. The highest BCUT2D eigenvalue weighted by Gasteiger charge is 2.05. The van der Waals surface area contributed by atoms with Crippen molar-refractivity contribution < 1.29 is 0 Å². The molecule has 0 aliphatic carbocycles. The van der Waals surface area contributed by atoms with Gasteiger partial charge in [0.05, 0.1) is 0 Å². The first-order valence-corrected chi connectivity index (χ1v) is 17.6. The lowest BCUT2D eigenvalue weighted by Crippen LogP contribution is -2.27. The highest BCUT2D eigenvalue weighted by atomic mass is 32.2. The van der Waals surface area contributed by atoms with Gasteiger partial charge in [-0.25, -0.2) is 0 Å². The van der Waals surface area contributed by atoms with Gasteiger partial charge >= 0.3 is 0 Å². The van der Waals surface area contributed by atoms with E-state index in [1.54, 1.807) is 0 Å². The number of thiol groups is 4. The van der Waals surface area contributed by atoms with Crippen molar-refractivity contribution in [1.29, 1.82) is 0 Å². The quantitative estimate of drug-likeness (QED) is 0.0398. The van der Waals surface area contributed by atoms with Crippen LogP contribution in [0.5, 0.6) is 0 Å². The molecule has 0 amide bonds. The predicted octanol–water partition coefficient (Wildman–Crippen LogP) is 11.0. The van der Waals surface area contributed by atoms with Crippen molar-refractivity contribution in [2.24, 2.45) is 0 Å². The minimum Gasteiger partial charge on any atom is -0.303 e. The summed E-state index contributed by atoms with van der Waals surface area (Å²) in [5, 5.41) is 0. The van der Waals surface area contributed by atoms with Crippen LogP contribution in [-0.2, 0) is 0 Å². The third kappa shape index (κ3) is 31.5. The van der Waals surface area contributed by atoms with E-state index in [1.807, 2.05) is 0 Å². The van der Waals surface area contributed by atoms with E-state index in [0.29, 0.717) is 0 Å². The van der Waals surface area contributed by atoms with Gasteiger partial charge in [-0.15, -0.1) is 0 Å². The molecule has 0 saturated carbocycles. The van der Waals surface area contributed by atoms with Crippen molar-refractivity contribution in [3.8, 4) is 0 Å². The summed E-state index contributed by atoms with van der Waals surface area (Å²) in [7, 11) is 0. The molecule has 0 spiro atoms. The SMILES string of the molecule is CCCCCCCCCCN(CCCCCCCCCC(S)S)CCCCCCCCCC(S)S. The summed E-state index contributed by atoms with van der Waals surface area (Å²) in [6.45, 7) is 6.29. The van der Waals surface area contributed by atoms with Crippen LogP contribution in [-0.4, -0.2) is 33.7 Å². The second kappa shape index (κ2) is 29.9. The molecule has 0 radical (unpaired) electrons.